The summed E-state index contributed by atoms with van der Waals surface area (Å²) in [5.74, 6) is 0.0214. The highest BCUT2D eigenvalue weighted by Crippen LogP contribution is 2.32. The molecule has 0 radical (unpaired) electrons. The summed E-state index contributed by atoms with van der Waals surface area (Å²) in [7, 11) is 0. The lowest BCUT2D eigenvalue weighted by molar-refractivity contribution is 0.0931. The van der Waals surface area contributed by atoms with Gasteiger partial charge in [-0.3, -0.25) is 9.59 Å². The molecule has 4 aromatic rings. The van der Waals surface area contributed by atoms with Crippen LogP contribution in [-0.2, 0) is 19.4 Å². The van der Waals surface area contributed by atoms with Gasteiger partial charge in [-0.15, -0.1) is 0 Å². The summed E-state index contributed by atoms with van der Waals surface area (Å²) < 4.78 is 6.54. The molecule has 1 atom stereocenters. The molecular weight excluding hydrogens is 452 g/mol. The number of aromatic amines is 1. The van der Waals surface area contributed by atoms with Gasteiger partial charge in [-0.25, -0.2) is 19.9 Å². The van der Waals surface area contributed by atoms with E-state index in [1.54, 1.807) is 12.3 Å². The molecule has 0 fully saturated rings. The third-order valence-electron chi connectivity index (χ3n) is 5.87. The number of hydrogen-bond acceptors (Lipinski definition) is 8. The van der Waals surface area contributed by atoms with Crippen LogP contribution in [0, 0.1) is 0 Å². The smallest absolute Gasteiger partial charge is 0.365 e. The first-order chi connectivity index (χ1) is 17.0. The molecule has 0 saturated carbocycles. The maximum absolute atomic E-state index is 12.9. The molecule has 1 aliphatic rings. The number of rotatable bonds is 7. The van der Waals surface area contributed by atoms with Gasteiger partial charge in [-0.2, -0.15) is 4.68 Å². The van der Waals surface area contributed by atoms with Crippen LogP contribution in [0.25, 0.3) is 5.69 Å². The number of tetrazole rings is 1. The normalized spacial score (nSPS) is 14.5. The number of carbonyl (C=O) groups excluding carboxylic acids is 2. The van der Waals surface area contributed by atoms with Gasteiger partial charge < -0.3 is 15.1 Å². The van der Waals surface area contributed by atoms with Crippen LogP contribution >= 0.6 is 0 Å². The molecule has 0 spiro atoms. The Kier molecular flexibility index (Phi) is 5.92. The maximum atomic E-state index is 12.9. The van der Waals surface area contributed by atoms with Gasteiger partial charge in [0.2, 0.25) is 0 Å². The van der Waals surface area contributed by atoms with E-state index in [1.807, 2.05) is 25.1 Å². The minimum Gasteiger partial charge on any atom is -0.469 e. The molecule has 35 heavy (non-hydrogen) atoms. The first kappa shape index (κ1) is 22.2. The molecule has 0 aliphatic heterocycles. The van der Waals surface area contributed by atoms with Crippen molar-refractivity contribution in [1.29, 1.82) is 0 Å². The van der Waals surface area contributed by atoms with E-state index in [9.17, 15) is 14.4 Å². The zero-order chi connectivity index (χ0) is 24.4. The van der Waals surface area contributed by atoms with Crippen molar-refractivity contribution in [3.63, 3.8) is 0 Å². The van der Waals surface area contributed by atoms with Crippen LogP contribution in [0.15, 0.2) is 52.1 Å². The van der Waals surface area contributed by atoms with Crippen LogP contribution in [0.1, 0.15) is 62.8 Å². The van der Waals surface area contributed by atoms with Crippen molar-refractivity contribution >= 4 is 11.8 Å². The Morgan fingerprint density at radius 1 is 1.17 bits per heavy atom. The predicted molar refractivity (Wildman–Crippen MR) is 122 cm³/mol. The molecule has 178 valence electrons. The quantitative estimate of drug-likeness (QED) is 0.361. The van der Waals surface area contributed by atoms with E-state index in [1.165, 1.54) is 17.1 Å². The van der Waals surface area contributed by atoms with E-state index in [2.05, 4.69) is 36.1 Å². The third-order valence-corrected chi connectivity index (χ3v) is 5.87. The molecule has 0 bridgehead atoms. The van der Waals surface area contributed by atoms with Gasteiger partial charge in [0, 0.05) is 24.6 Å². The highest BCUT2D eigenvalue weighted by Gasteiger charge is 2.26. The second kappa shape index (κ2) is 9.33. The number of benzene rings is 1. The number of fused-ring (bicyclic) bond motifs is 1. The second-order valence-electron chi connectivity index (χ2n) is 8.11. The number of nitrogens with one attached hydrogen (secondary N) is 3. The van der Waals surface area contributed by atoms with E-state index in [-0.39, 0.29) is 24.0 Å². The molecule has 12 nitrogen and oxygen atoms in total. The number of amides is 2. The molecule has 12 heteroatoms. The Hall–Kier alpha value is -4.61. The number of furan rings is 1. The lowest BCUT2D eigenvalue weighted by Crippen LogP contribution is -2.29. The van der Waals surface area contributed by atoms with Gasteiger partial charge >= 0.3 is 5.69 Å². The molecule has 0 saturated heterocycles. The van der Waals surface area contributed by atoms with Gasteiger partial charge in [0.1, 0.15) is 23.5 Å². The van der Waals surface area contributed by atoms with Crippen molar-refractivity contribution < 1.29 is 14.0 Å². The monoisotopic (exact) mass is 474 g/mol. The minimum atomic E-state index is -0.424. The van der Waals surface area contributed by atoms with E-state index >= 15 is 0 Å². The molecule has 1 aliphatic carbocycles. The van der Waals surface area contributed by atoms with E-state index in [0.29, 0.717) is 12.1 Å². The van der Waals surface area contributed by atoms with Crippen molar-refractivity contribution in [2.24, 2.45) is 0 Å². The lowest BCUT2D eigenvalue weighted by Gasteiger charge is -2.14. The number of aromatic nitrogens is 6. The molecule has 5 rings (SSSR count). The van der Waals surface area contributed by atoms with Crippen molar-refractivity contribution in [1.82, 2.24) is 40.8 Å². The highest BCUT2D eigenvalue weighted by molar-refractivity contribution is 5.97. The van der Waals surface area contributed by atoms with Gasteiger partial charge in [0.15, 0.2) is 0 Å². The Bertz CT molecular complexity index is 1450. The molecule has 1 aromatic carbocycles. The number of nitrogens with zero attached hydrogens (tertiary/aromatic N) is 5. The Balaban J connectivity index is 1.25. The standard InChI is InChI=1S/C23H22N8O4/c1-2-16-7-13(11-35-16)10-24-21(32)19-9-20(26-12-25-19)22(33)27-18-6-3-14-8-15(4-5-17(14)18)31-23(34)28-29-30-31/h4-5,7-9,11-12,18H,2-3,6,10H2,1H3,(H,24,32)(H,27,33)(H,28,30,34)/t18-/m0/s1. The molecule has 3 heterocycles. The van der Waals surface area contributed by atoms with E-state index in [4.69, 9.17) is 4.42 Å². The summed E-state index contributed by atoms with van der Waals surface area (Å²) >= 11 is 0. The van der Waals surface area contributed by atoms with Gasteiger partial charge in [-0.1, -0.05) is 13.0 Å². The number of carbonyl (C=O) groups is 2. The van der Waals surface area contributed by atoms with Crippen molar-refractivity contribution in [3.8, 4) is 5.69 Å². The summed E-state index contributed by atoms with van der Waals surface area (Å²) in [4.78, 5) is 45.2. The van der Waals surface area contributed by atoms with Gasteiger partial charge in [0.05, 0.1) is 18.0 Å². The Labute approximate surface area is 198 Å². The minimum absolute atomic E-state index is 0.0962. The molecule has 2 amide bonds. The number of hydrogen-bond donors (Lipinski definition) is 3. The van der Waals surface area contributed by atoms with Gasteiger partial charge in [-0.05, 0) is 52.6 Å². The first-order valence-electron chi connectivity index (χ1n) is 11.1. The SMILES string of the molecule is CCc1cc(CNC(=O)c2cc(C(=O)N[C@H]3CCc4cc(-n5nn[nH]c5=O)ccc43)ncn2)co1. The molecular formula is C23H22N8O4. The van der Waals surface area contributed by atoms with Gasteiger partial charge in [0.25, 0.3) is 11.8 Å². The van der Waals surface area contributed by atoms with Crippen LogP contribution in [0.3, 0.4) is 0 Å². The maximum Gasteiger partial charge on any atom is 0.365 e. The third kappa shape index (κ3) is 4.58. The summed E-state index contributed by atoms with van der Waals surface area (Å²) in [5.41, 5.74) is 3.18. The summed E-state index contributed by atoms with van der Waals surface area (Å²) in [5, 5.41) is 15.3. The fourth-order valence-electron chi connectivity index (χ4n) is 4.07. The topological polar surface area (TPSA) is 161 Å². The predicted octanol–water partition coefficient (Wildman–Crippen LogP) is 1.25. The average Bonchev–Trinajstić information content (AvgIpc) is 3.62. The van der Waals surface area contributed by atoms with Crippen molar-refractivity contribution in [2.75, 3.05) is 0 Å². The summed E-state index contributed by atoms with van der Waals surface area (Å²) in [6.07, 6.45) is 4.99. The average molecular weight is 474 g/mol. The summed E-state index contributed by atoms with van der Waals surface area (Å²) in [6, 6.07) is 8.51. The Morgan fingerprint density at radius 2 is 2.00 bits per heavy atom. The molecule has 3 N–H and O–H groups in total. The van der Waals surface area contributed by atoms with Crippen LogP contribution in [0.5, 0.6) is 0 Å². The van der Waals surface area contributed by atoms with Crippen LogP contribution in [-0.4, -0.2) is 42.0 Å². The lowest BCUT2D eigenvalue weighted by atomic mass is 10.1. The van der Waals surface area contributed by atoms with Crippen LogP contribution in [0.2, 0.25) is 0 Å². The van der Waals surface area contributed by atoms with E-state index in [0.717, 1.165) is 35.3 Å². The zero-order valence-electron chi connectivity index (χ0n) is 18.8. The van der Waals surface area contributed by atoms with Crippen LogP contribution in [0.4, 0.5) is 0 Å². The fourth-order valence-corrected chi connectivity index (χ4v) is 4.07. The fraction of sp³-hybridized carbons (Fsp3) is 0.261. The number of aryl methyl sites for hydroxylation is 2. The van der Waals surface area contributed by atoms with Crippen LogP contribution < -0.4 is 16.3 Å². The first-order valence-corrected chi connectivity index (χ1v) is 11.1. The highest BCUT2D eigenvalue weighted by atomic mass is 16.3. The Morgan fingerprint density at radius 3 is 2.74 bits per heavy atom. The summed E-state index contributed by atoms with van der Waals surface area (Å²) in [6.45, 7) is 2.27. The molecule has 0 unspecified atom stereocenters. The zero-order valence-corrected chi connectivity index (χ0v) is 18.8. The second-order valence-corrected chi connectivity index (χ2v) is 8.11. The van der Waals surface area contributed by atoms with E-state index < -0.39 is 17.5 Å². The van der Waals surface area contributed by atoms with Crippen molar-refractivity contribution in [3.05, 3.63) is 87.2 Å². The van der Waals surface area contributed by atoms with Crippen molar-refractivity contribution in [2.45, 2.75) is 38.8 Å². The molecule has 3 aromatic heterocycles. The number of H-pyrrole nitrogens is 1. The largest absolute Gasteiger partial charge is 0.469 e.